The second-order valence-corrected chi connectivity index (χ2v) is 6.22. The molecular weight excluding hydrogens is 298 g/mol. The van der Waals surface area contributed by atoms with Crippen molar-refractivity contribution in [3.63, 3.8) is 0 Å². The van der Waals surface area contributed by atoms with E-state index in [1.165, 1.54) is 0 Å². The van der Waals surface area contributed by atoms with E-state index in [9.17, 15) is 4.79 Å². The molecule has 0 unspecified atom stereocenters. The van der Waals surface area contributed by atoms with Gasteiger partial charge in [0.2, 0.25) is 0 Å². The maximum absolute atomic E-state index is 11.3. The Morgan fingerprint density at radius 3 is 2.73 bits per heavy atom. The van der Waals surface area contributed by atoms with Gasteiger partial charge >= 0.3 is 0 Å². The first kappa shape index (κ1) is 17.0. The molecule has 22 heavy (non-hydrogen) atoms. The first-order chi connectivity index (χ1) is 10.6. The maximum Gasteiger partial charge on any atom is 0.153 e. The van der Waals surface area contributed by atoms with Crippen LogP contribution in [-0.4, -0.2) is 55.1 Å². The van der Waals surface area contributed by atoms with Crippen molar-refractivity contribution in [3.05, 3.63) is 28.8 Å². The lowest BCUT2D eigenvalue weighted by Crippen LogP contribution is -2.44. The molecule has 4 nitrogen and oxygen atoms in total. The van der Waals surface area contributed by atoms with Crippen LogP contribution in [0.5, 0.6) is 0 Å². The zero-order chi connectivity index (χ0) is 16.1. The number of halogens is 1. The monoisotopic (exact) mass is 321 g/mol. The summed E-state index contributed by atoms with van der Waals surface area (Å²) in [4.78, 5) is 20.6. The number of likely N-dealkylation sites (tertiary alicyclic amines) is 1. The van der Waals surface area contributed by atoms with Crippen molar-refractivity contribution in [2.75, 3.05) is 27.2 Å². The third-order valence-electron chi connectivity index (χ3n) is 4.36. The van der Waals surface area contributed by atoms with E-state index in [-0.39, 0.29) is 0 Å². The summed E-state index contributed by atoms with van der Waals surface area (Å²) in [6.45, 7) is 4.32. The predicted octanol–water partition coefficient (Wildman–Crippen LogP) is 3.62. The summed E-state index contributed by atoms with van der Waals surface area (Å²) in [6.07, 6.45) is 3.89. The van der Waals surface area contributed by atoms with Crippen LogP contribution in [0, 0.1) is 0 Å². The predicted molar refractivity (Wildman–Crippen MR) is 92.5 cm³/mol. The van der Waals surface area contributed by atoms with Gasteiger partial charge in [0.25, 0.3) is 0 Å². The van der Waals surface area contributed by atoms with Gasteiger partial charge in [0, 0.05) is 19.5 Å². The zero-order valence-corrected chi connectivity index (χ0v) is 14.3. The Labute approximate surface area is 137 Å². The van der Waals surface area contributed by atoms with Crippen LogP contribution in [0.4, 0.5) is 5.69 Å². The van der Waals surface area contributed by atoms with Gasteiger partial charge in [-0.3, -0.25) is 4.79 Å². The molecular formula is C17H24ClN3O. The van der Waals surface area contributed by atoms with Crippen molar-refractivity contribution in [2.45, 2.75) is 32.2 Å². The van der Waals surface area contributed by atoms with Crippen molar-refractivity contribution in [2.24, 2.45) is 4.99 Å². The number of benzene rings is 1. The molecule has 1 fully saturated rings. The zero-order valence-electron chi connectivity index (χ0n) is 13.6. The molecule has 1 aromatic carbocycles. The van der Waals surface area contributed by atoms with Crippen LogP contribution in [0.1, 0.15) is 36.5 Å². The SMILES string of the molecule is CCC(=Nc1cccc(Cl)c1C=O)N(C)C1CCN(C)CC1. The summed E-state index contributed by atoms with van der Waals surface area (Å²) in [5, 5.41) is 0.452. The fraction of sp³-hybridized carbons (Fsp3) is 0.529. The number of aldehydes is 1. The van der Waals surface area contributed by atoms with Gasteiger partial charge in [0.05, 0.1) is 16.3 Å². The smallest absolute Gasteiger partial charge is 0.153 e. The summed E-state index contributed by atoms with van der Waals surface area (Å²) in [5.41, 5.74) is 1.12. The number of aliphatic imine (C=N–C) groups is 1. The second kappa shape index (κ2) is 7.75. The highest BCUT2D eigenvalue weighted by molar-refractivity contribution is 6.33. The number of carbonyl (C=O) groups excluding carboxylic acids is 1. The molecule has 1 heterocycles. The van der Waals surface area contributed by atoms with Crippen molar-refractivity contribution < 1.29 is 4.79 Å². The van der Waals surface area contributed by atoms with Gasteiger partial charge in [-0.15, -0.1) is 0 Å². The van der Waals surface area contributed by atoms with Gasteiger partial charge in [-0.2, -0.15) is 0 Å². The van der Waals surface area contributed by atoms with Gasteiger partial charge in [-0.25, -0.2) is 4.99 Å². The fourth-order valence-corrected chi connectivity index (χ4v) is 3.09. The number of hydrogen-bond acceptors (Lipinski definition) is 3. The van der Waals surface area contributed by atoms with E-state index in [4.69, 9.17) is 16.6 Å². The lowest BCUT2D eigenvalue weighted by molar-refractivity contribution is 0.112. The maximum atomic E-state index is 11.3. The number of piperidine rings is 1. The van der Waals surface area contributed by atoms with E-state index >= 15 is 0 Å². The molecule has 0 amide bonds. The number of hydrogen-bond donors (Lipinski definition) is 0. The van der Waals surface area contributed by atoms with Gasteiger partial charge in [0.1, 0.15) is 5.84 Å². The summed E-state index contributed by atoms with van der Waals surface area (Å²) in [6, 6.07) is 5.90. The molecule has 0 aliphatic carbocycles. The second-order valence-electron chi connectivity index (χ2n) is 5.82. The lowest BCUT2D eigenvalue weighted by Gasteiger charge is -2.36. The highest BCUT2D eigenvalue weighted by atomic mass is 35.5. The molecule has 2 rings (SSSR count). The van der Waals surface area contributed by atoms with Gasteiger partial charge in [-0.05, 0) is 45.1 Å². The van der Waals surface area contributed by atoms with Gasteiger partial charge < -0.3 is 9.80 Å². The van der Waals surface area contributed by atoms with Crippen LogP contribution in [0.3, 0.4) is 0 Å². The molecule has 0 radical (unpaired) electrons. The van der Waals surface area contributed by atoms with Crippen LogP contribution in [0.15, 0.2) is 23.2 Å². The van der Waals surface area contributed by atoms with Crippen molar-refractivity contribution in [1.82, 2.24) is 9.80 Å². The minimum Gasteiger partial charge on any atom is -0.360 e. The Kier molecular flexibility index (Phi) is 5.98. The molecule has 0 saturated carbocycles. The Bertz CT molecular complexity index is 551. The van der Waals surface area contributed by atoms with Gasteiger partial charge in [0.15, 0.2) is 6.29 Å². The van der Waals surface area contributed by atoms with E-state index in [2.05, 4.69) is 30.8 Å². The molecule has 0 bridgehead atoms. The average molecular weight is 322 g/mol. The molecule has 1 aromatic rings. The van der Waals surface area contributed by atoms with E-state index in [0.29, 0.717) is 22.3 Å². The Morgan fingerprint density at radius 2 is 2.14 bits per heavy atom. The number of carbonyl (C=O) groups is 1. The van der Waals surface area contributed by atoms with Crippen LogP contribution in [0.25, 0.3) is 0 Å². The molecule has 1 aliphatic heterocycles. The molecule has 120 valence electrons. The minimum absolute atomic E-state index is 0.452. The van der Waals surface area contributed by atoms with Crippen LogP contribution >= 0.6 is 11.6 Å². The summed E-state index contributed by atoms with van der Waals surface area (Å²) >= 11 is 6.08. The Hall–Kier alpha value is -1.39. The fourth-order valence-electron chi connectivity index (χ4n) is 2.88. The van der Waals surface area contributed by atoms with Crippen LogP contribution in [-0.2, 0) is 0 Å². The Morgan fingerprint density at radius 1 is 1.45 bits per heavy atom. The molecule has 0 aromatic heterocycles. The first-order valence-corrected chi connectivity index (χ1v) is 8.17. The number of amidine groups is 1. The van der Waals surface area contributed by atoms with E-state index in [1.54, 1.807) is 6.07 Å². The highest BCUT2D eigenvalue weighted by Gasteiger charge is 2.22. The van der Waals surface area contributed by atoms with Crippen LogP contribution in [0.2, 0.25) is 5.02 Å². The van der Waals surface area contributed by atoms with Crippen molar-refractivity contribution >= 4 is 29.4 Å². The van der Waals surface area contributed by atoms with Crippen molar-refractivity contribution in [1.29, 1.82) is 0 Å². The quantitative estimate of drug-likeness (QED) is 0.483. The molecule has 0 atom stereocenters. The summed E-state index contributed by atoms with van der Waals surface area (Å²) in [7, 11) is 4.26. The topological polar surface area (TPSA) is 35.9 Å². The molecule has 1 saturated heterocycles. The molecule has 0 N–H and O–H groups in total. The van der Waals surface area contributed by atoms with Crippen LogP contribution < -0.4 is 0 Å². The van der Waals surface area contributed by atoms with E-state index in [1.807, 2.05) is 12.1 Å². The van der Waals surface area contributed by atoms with Gasteiger partial charge in [-0.1, -0.05) is 24.6 Å². The Balaban J connectivity index is 2.23. The summed E-state index contributed by atoms with van der Waals surface area (Å²) < 4.78 is 0. The molecule has 0 spiro atoms. The van der Waals surface area contributed by atoms with Crippen molar-refractivity contribution in [3.8, 4) is 0 Å². The standard InChI is InChI=1S/C17H24ClN3O/c1-4-17(21(3)13-8-10-20(2)11-9-13)19-16-7-5-6-15(18)14(16)12-22/h5-7,12-13H,4,8-11H2,1-3H3. The largest absolute Gasteiger partial charge is 0.360 e. The number of rotatable bonds is 4. The molecule has 5 heteroatoms. The third kappa shape index (κ3) is 3.87. The third-order valence-corrected chi connectivity index (χ3v) is 4.69. The first-order valence-electron chi connectivity index (χ1n) is 7.79. The van der Waals surface area contributed by atoms with E-state index < -0.39 is 0 Å². The average Bonchev–Trinajstić information content (AvgIpc) is 2.52. The lowest BCUT2D eigenvalue weighted by atomic mass is 10.0. The highest BCUT2D eigenvalue weighted by Crippen LogP contribution is 2.26. The summed E-state index contributed by atoms with van der Waals surface area (Å²) in [5.74, 6) is 1.000. The molecule has 1 aliphatic rings. The van der Waals surface area contributed by atoms with E-state index in [0.717, 1.165) is 44.5 Å². The minimum atomic E-state index is 0.452. The normalized spacial score (nSPS) is 17.5. The number of nitrogens with zero attached hydrogens (tertiary/aromatic N) is 3.